The largest absolute Gasteiger partial charge is 0.370 e. The number of carbonyl (C=O) groups is 1. The number of amides is 1. The molecule has 5 nitrogen and oxygen atoms in total. The van der Waals surface area contributed by atoms with Gasteiger partial charge in [-0.1, -0.05) is 13.0 Å². The zero-order chi connectivity index (χ0) is 12.7. The molecule has 0 fully saturated rings. The van der Waals surface area contributed by atoms with Gasteiger partial charge in [-0.25, -0.2) is 4.98 Å². The van der Waals surface area contributed by atoms with Crippen LogP contribution in [-0.2, 0) is 4.79 Å². The van der Waals surface area contributed by atoms with Crippen LogP contribution in [0.2, 0.25) is 0 Å². The molecule has 0 bridgehead atoms. The molecule has 0 aromatic carbocycles. The third kappa shape index (κ3) is 4.72. The van der Waals surface area contributed by atoms with Gasteiger partial charge in [-0.3, -0.25) is 4.79 Å². The predicted molar refractivity (Wildman–Crippen MR) is 70.2 cm³/mol. The van der Waals surface area contributed by atoms with E-state index >= 15 is 0 Å². The maximum atomic E-state index is 11.4. The number of carbonyl (C=O) groups excluding carboxylic acids is 1. The molecule has 17 heavy (non-hydrogen) atoms. The normalized spacial score (nSPS) is 9.82. The third-order valence-corrected chi connectivity index (χ3v) is 2.22. The number of rotatable bonds is 6. The van der Waals surface area contributed by atoms with E-state index in [2.05, 4.69) is 22.5 Å². The topological polar surface area (TPSA) is 57.3 Å². The van der Waals surface area contributed by atoms with E-state index in [-0.39, 0.29) is 12.5 Å². The quantitative estimate of drug-likeness (QED) is 0.784. The molecule has 5 heteroatoms. The molecule has 1 aromatic heterocycles. The van der Waals surface area contributed by atoms with Crippen molar-refractivity contribution < 1.29 is 4.79 Å². The molecule has 1 heterocycles. The minimum Gasteiger partial charge on any atom is -0.370 e. The SMILES string of the molecule is CCCNc1cccc(NCC(=O)N(C)C)n1. The molecule has 1 aromatic rings. The Hall–Kier alpha value is -1.78. The Bertz CT molecular complexity index is 365. The highest BCUT2D eigenvalue weighted by Crippen LogP contribution is 2.08. The Kier molecular flexibility index (Phi) is 5.26. The van der Waals surface area contributed by atoms with Crippen molar-refractivity contribution in [1.82, 2.24) is 9.88 Å². The van der Waals surface area contributed by atoms with Crippen molar-refractivity contribution in [3.63, 3.8) is 0 Å². The Morgan fingerprint density at radius 3 is 2.53 bits per heavy atom. The van der Waals surface area contributed by atoms with Gasteiger partial charge in [0, 0.05) is 20.6 Å². The van der Waals surface area contributed by atoms with Crippen LogP contribution in [0.4, 0.5) is 11.6 Å². The molecule has 0 saturated heterocycles. The van der Waals surface area contributed by atoms with Gasteiger partial charge in [0.05, 0.1) is 6.54 Å². The smallest absolute Gasteiger partial charge is 0.241 e. The van der Waals surface area contributed by atoms with Crippen LogP contribution in [0.5, 0.6) is 0 Å². The van der Waals surface area contributed by atoms with Crippen molar-refractivity contribution >= 4 is 17.5 Å². The van der Waals surface area contributed by atoms with Crippen LogP contribution in [0.15, 0.2) is 18.2 Å². The van der Waals surface area contributed by atoms with Crippen LogP contribution in [-0.4, -0.2) is 43.0 Å². The number of pyridine rings is 1. The number of nitrogens with one attached hydrogen (secondary N) is 2. The predicted octanol–water partition coefficient (Wildman–Crippen LogP) is 1.40. The van der Waals surface area contributed by atoms with Crippen molar-refractivity contribution in [1.29, 1.82) is 0 Å². The molecule has 2 N–H and O–H groups in total. The highest BCUT2D eigenvalue weighted by molar-refractivity contribution is 5.80. The van der Waals surface area contributed by atoms with Gasteiger partial charge in [0.1, 0.15) is 11.6 Å². The molecular formula is C12H20N4O. The van der Waals surface area contributed by atoms with E-state index in [0.717, 1.165) is 18.8 Å². The number of anilines is 2. The molecule has 1 rings (SSSR count). The summed E-state index contributed by atoms with van der Waals surface area (Å²) in [4.78, 5) is 17.3. The molecule has 0 aliphatic heterocycles. The van der Waals surface area contributed by atoms with Gasteiger partial charge in [0.2, 0.25) is 5.91 Å². The summed E-state index contributed by atoms with van der Waals surface area (Å²) < 4.78 is 0. The number of nitrogens with zero attached hydrogens (tertiary/aromatic N) is 2. The lowest BCUT2D eigenvalue weighted by Gasteiger charge is -2.12. The first-order chi connectivity index (χ1) is 8.13. The van der Waals surface area contributed by atoms with Gasteiger partial charge >= 0.3 is 0 Å². The average molecular weight is 236 g/mol. The van der Waals surface area contributed by atoms with Crippen molar-refractivity contribution in [3.05, 3.63) is 18.2 Å². The van der Waals surface area contributed by atoms with Crippen LogP contribution < -0.4 is 10.6 Å². The third-order valence-electron chi connectivity index (χ3n) is 2.22. The number of hydrogen-bond acceptors (Lipinski definition) is 4. The highest BCUT2D eigenvalue weighted by atomic mass is 16.2. The molecule has 0 radical (unpaired) electrons. The monoisotopic (exact) mass is 236 g/mol. The van der Waals surface area contributed by atoms with E-state index in [4.69, 9.17) is 0 Å². The van der Waals surface area contributed by atoms with E-state index in [1.54, 1.807) is 19.0 Å². The lowest BCUT2D eigenvalue weighted by Crippen LogP contribution is -2.28. The van der Waals surface area contributed by atoms with E-state index in [9.17, 15) is 4.79 Å². The van der Waals surface area contributed by atoms with Crippen molar-refractivity contribution in [2.75, 3.05) is 37.8 Å². The van der Waals surface area contributed by atoms with Crippen LogP contribution >= 0.6 is 0 Å². The Morgan fingerprint density at radius 1 is 1.29 bits per heavy atom. The van der Waals surface area contributed by atoms with Gasteiger partial charge in [-0.15, -0.1) is 0 Å². The van der Waals surface area contributed by atoms with Crippen molar-refractivity contribution in [2.45, 2.75) is 13.3 Å². The molecule has 0 atom stereocenters. The van der Waals surface area contributed by atoms with Gasteiger partial charge < -0.3 is 15.5 Å². The number of hydrogen-bond donors (Lipinski definition) is 2. The summed E-state index contributed by atoms with van der Waals surface area (Å²) >= 11 is 0. The van der Waals surface area contributed by atoms with E-state index in [1.165, 1.54) is 0 Å². The first-order valence-corrected chi connectivity index (χ1v) is 5.78. The lowest BCUT2D eigenvalue weighted by molar-refractivity contribution is -0.126. The molecule has 0 saturated carbocycles. The highest BCUT2D eigenvalue weighted by Gasteiger charge is 2.03. The second kappa shape index (κ2) is 6.73. The second-order valence-electron chi connectivity index (χ2n) is 3.98. The molecule has 94 valence electrons. The molecule has 0 spiro atoms. The Balaban J connectivity index is 2.51. The first kappa shape index (κ1) is 13.3. The minimum absolute atomic E-state index is 0.0266. The van der Waals surface area contributed by atoms with Gasteiger partial charge in [-0.2, -0.15) is 0 Å². The standard InChI is InChI=1S/C12H20N4O/c1-4-8-13-10-6-5-7-11(15-10)14-9-12(17)16(2)3/h5-7H,4,8-9H2,1-3H3,(H2,13,14,15). The zero-order valence-electron chi connectivity index (χ0n) is 10.7. The van der Waals surface area contributed by atoms with Crippen LogP contribution in [0.25, 0.3) is 0 Å². The second-order valence-corrected chi connectivity index (χ2v) is 3.98. The molecule has 1 amide bonds. The summed E-state index contributed by atoms with van der Waals surface area (Å²) in [5.74, 6) is 1.56. The summed E-state index contributed by atoms with van der Waals surface area (Å²) in [5.41, 5.74) is 0. The number of likely N-dealkylation sites (N-methyl/N-ethyl adjacent to an activating group) is 1. The van der Waals surface area contributed by atoms with Crippen molar-refractivity contribution in [3.8, 4) is 0 Å². The summed E-state index contributed by atoms with van der Waals surface area (Å²) in [6.45, 7) is 3.26. The summed E-state index contributed by atoms with van der Waals surface area (Å²) in [5, 5.41) is 6.20. The Morgan fingerprint density at radius 2 is 1.94 bits per heavy atom. The van der Waals surface area contributed by atoms with Gasteiger partial charge in [0.25, 0.3) is 0 Å². The fourth-order valence-electron chi connectivity index (χ4n) is 1.21. The van der Waals surface area contributed by atoms with E-state index in [0.29, 0.717) is 5.82 Å². The minimum atomic E-state index is 0.0266. The van der Waals surface area contributed by atoms with Gasteiger partial charge in [0.15, 0.2) is 0 Å². The maximum Gasteiger partial charge on any atom is 0.241 e. The molecule has 0 unspecified atom stereocenters. The molecule has 0 aliphatic carbocycles. The van der Waals surface area contributed by atoms with Gasteiger partial charge in [-0.05, 0) is 18.6 Å². The van der Waals surface area contributed by atoms with Crippen LogP contribution in [0.1, 0.15) is 13.3 Å². The summed E-state index contributed by atoms with van der Waals surface area (Å²) in [6.07, 6.45) is 1.05. The fourth-order valence-corrected chi connectivity index (χ4v) is 1.21. The zero-order valence-corrected chi connectivity index (χ0v) is 10.7. The van der Waals surface area contributed by atoms with Crippen LogP contribution in [0, 0.1) is 0 Å². The maximum absolute atomic E-state index is 11.4. The Labute approximate surface area is 102 Å². The lowest BCUT2D eigenvalue weighted by atomic mass is 10.4. The summed E-state index contributed by atoms with van der Waals surface area (Å²) in [7, 11) is 3.47. The van der Waals surface area contributed by atoms with Crippen molar-refractivity contribution in [2.24, 2.45) is 0 Å². The summed E-state index contributed by atoms with van der Waals surface area (Å²) in [6, 6.07) is 5.67. The number of aromatic nitrogens is 1. The fraction of sp³-hybridized carbons (Fsp3) is 0.500. The first-order valence-electron chi connectivity index (χ1n) is 5.78. The van der Waals surface area contributed by atoms with E-state index in [1.807, 2.05) is 18.2 Å². The molecular weight excluding hydrogens is 216 g/mol. The van der Waals surface area contributed by atoms with E-state index < -0.39 is 0 Å². The molecule has 0 aliphatic rings. The average Bonchev–Trinajstić information content (AvgIpc) is 2.33. The van der Waals surface area contributed by atoms with Crippen LogP contribution in [0.3, 0.4) is 0 Å².